The van der Waals surface area contributed by atoms with E-state index in [1.165, 1.54) is 0 Å². The summed E-state index contributed by atoms with van der Waals surface area (Å²) in [6.07, 6.45) is 0. The molecule has 1 amide bonds. The first kappa shape index (κ1) is 19.7. The Bertz CT molecular complexity index is 758. The first-order chi connectivity index (χ1) is 12.4. The molecule has 0 saturated heterocycles. The number of benzene rings is 2. The summed E-state index contributed by atoms with van der Waals surface area (Å²) < 4.78 is 10.2. The van der Waals surface area contributed by atoms with E-state index in [1.807, 2.05) is 39.8 Å². The normalized spacial score (nSPS) is 10.5. The molecule has 0 fully saturated rings. The lowest BCUT2D eigenvalue weighted by molar-refractivity contribution is 0.0335. The van der Waals surface area contributed by atoms with Crippen LogP contribution in [0.3, 0.4) is 0 Å². The lowest BCUT2D eigenvalue weighted by Gasteiger charge is -2.12. The SMILES string of the molecule is CCOCCOC(=O)c1ccc(NC(=O)c2c(C)cc(C)cc2C)cc1. The third-order valence-electron chi connectivity index (χ3n) is 3.95. The molecule has 2 rings (SSSR count). The van der Waals surface area contributed by atoms with Gasteiger partial charge in [0.25, 0.3) is 5.91 Å². The fraction of sp³-hybridized carbons (Fsp3) is 0.333. The summed E-state index contributed by atoms with van der Waals surface area (Å²) in [7, 11) is 0. The Balaban J connectivity index is 2.01. The van der Waals surface area contributed by atoms with Crippen LogP contribution in [0, 0.1) is 20.8 Å². The van der Waals surface area contributed by atoms with Gasteiger partial charge in [0.05, 0.1) is 12.2 Å². The Kier molecular flexibility index (Phi) is 6.92. The maximum atomic E-state index is 12.6. The number of aryl methyl sites for hydroxylation is 3. The first-order valence-corrected chi connectivity index (χ1v) is 8.66. The molecule has 0 atom stereocenters. The maximum Gasteiger partial charge on any atom is 0.338 e. The number of anilines is 1. The van der Waals surface area contributed by atoms with Crippen LogP contribution >= 0.6 is 0 Å². The standard InChI is InChI=1S/C21H25NO4/c1-5-25-10-11-26-21(24)17-6-8-18(9-7-17)22-20(23)19-15(3)12-14(2)13-16(19)4/h6-9,12-13H,5,10-11H2,1-4H3,(H,22,23). The molecule has 0 heterocycles. The van der Waals surface area contributed by atoms with Gasteiger partial charge < -0.3 is 14.8 Å². The summed E-state index contributed by atoms with van der Waals surface area (Å²) in [5, 5.41) is 2.87. The predicted octanol–water partition coefficient (Wildman–Crippen LogP) is 4.06. The van der Waals surface area contributed by atoms with E-state index in [2.05, 4.69) is 5.32 Å². The van der Waals surface area contributed by atoms with Crippen molar-refractivity contribution in [3.63, 3.8) is 0 Å². The monoisotopic (exact) mass is 355 g/mol. The third-order valence-corrected chi connectivity index (χ3v) is 3.95. The van der Waals surface area contributed by atoms with Crippen molar-refractivity contribution in [2.24, 2.45) is 0 Å². The summed E-state index contributed by atoms with van der Waals surface area (Å²) in [5.74, 6) is -0.570. The number of carbonyl (C=O) groups excluding carboxylic acids is 2. The van der Waals surface area contributed by atoms with Crippen LogP contribution in [0.25, 0.3) is 0 Å². The number of hydrogen-bond acceptors (Lipinski definition) is 4. The molecule has 26 heavy (non-hydrogen) atoms. The number of esters is 1. The smallest absolute Gasteiger partial charge is 0.338 e. The van der Waals surface area contributed by atoms with Crippen molar-refractivity contribution in [3.8, 4) is 0 Å². The van der Waals surface area contributed by atoms with E-state index in [0.29, 0.717) is 30.0 Å². The molecule has 0 aliphatic rings. The summed E-state index contributed by atoms with van der Waals surface area (Å²) in [6.45, 7) is 8.93. The summed E-state index contributed by atoms with van der Waals surface area (Å²) >= 11 is 0. The number of hydrogen-bond donors (Lipinski definition) is 1. The Morgan fingerprint density at radius 2 is 1.58 bits per heavy atom. The van der Waals surface area contributed by atoms with Crippen LogP contribution in [0.5, 0.6) is 0 Å². The van der Waals surface area contributed by atoms with Gasteiger partial charge in [-0.15, -0.1) is 0 Å². The highest BCUT2D eigenvalue weighted by Crippen LogP contribution is 2.19. The molecule has 138 valence electrons. The van der Waals surface area contributed by atoms with E-state index < -0.39 is 5.97 Å². The molecule has 0 aliphatic heterocycles. The van der Waals surface area contributed by atoms with Gasteiger partial charge in [-0.05, 0) is 63.1 Å². The Hall–Kier alpha value is -2.66. The van der Waals surface area contributed by atoms with Crippen molar-refractivity contribution < 1.29 is 19.1 Å². The van der Waals surface area contributed by atoms with E-state index >= 15 is 0 Å². The average molecular weight is 355 g/mol. The van der Waals surface area contributed by atoms with Crippen LogP contribution in [-0.2, 0) is 9.47 Å². The second-order valence-corrected chi connectivity index (χ2v) is 6.14. The van der Waals surface area contributed by atoms with E-state index in [0.717, 1.165) is 16.7 Å². The van der Waals surface area contributed by atoms with Crippen LogP contribution in [0.2, 0.25) is 0 Å². The second kappa shape index (κ2) is 9.15. The van der Waals surface area contributed by atoms with Crippen molar-refractivity contribution in [1.82, 2.24) is 0 Å². The van der Waals surface area contributed by atoms with Gasteiger partial charge in [0.1, 0.15) is 6.61 Å². The van der Waals surface area contributed by atoms with Gasteiger partial charge in [-0.25, -0.2) is 4.79 Å². The predicted molar refractivity (Wildman–Crippen MR) is 102 cm³/mol. The maximum absolute atomic E-state index is 12.6. The zero-order valence-corrected chi connectivity index (χ0v) is 15.7. The number of rotatable bonds is 7. The van der Waals surface area contributed by atoms with E-state index in [9.17, 15) is 9.59 Å². The lowest BCUT2D eigenvalue weighted by atomic mass is 9.99. The minimum Gasteiger partial charge on any atom is -0.460 e. The van der Waals surface area contributed by atoms with Gasteiger partial charge in [0, 0.05) is 17.9 Å². The minimum atomic E-state index is -0.409. The van der Waals surface area contributed by atoms with Crippen molar-refractivity contribution >= 4 is 17.6 Å². The highest BCUT2D eigenvalue weighted by Gasteiger charge is 2.13. The van der Waals surface area contributed by atoms with Crippen molar-refractivity contribution in [3.05, 3.63) is 64.2 Å². The molecule has 2 aromatic carbocycles. The summed E-state index contributed by atoms with van der Waals surface area (Å²) in [5.41, 5.74) is 4.74. The van der Waals surface area contributed by atoms with Crippen LogP contribution in [0.1, 0.15) is 44.3 Å². The minimum absolute atomic E-state index is 0.160. The third kappa shape index (κ3) is 5.17. The van der Waals surface area contributed by atoms with Gasteiger partial charge in [-0.2, -0.15) is 0 Å². The molecule has 0 bridgehead atoms. The fourth-order valence-electron chi connectivity index (χ4n) is 2.84. The highest BCUT2D eigenvalue weighted by atomic mass is 16.6. The zero-order valence-electron chi connectivity index (χ0n) is 15.7. The van der Waals surface area contributed by atoms with E-state index in [4.69, 9.17) is 9.47 Å². The van der Waals surface area contributed by atoms with Crippen molar-refractivity contribution in [2.45, 2.75) is 27.7 Å². The molecule has 0 unspecified atom stereocenters. The molecular formula is C21H25NO4. The van der Waals surface area contributed by atoms with Gasteiger partial charge in [0.2, 0.25) is 0 Å². The molecule has 5 heteroatoms. The van der Waals surface area contributed by atoms with Crippen LogP contribution in [-0.4, -0.2) is 31.7 Å². The zero-order chi connectivity index (χ0) is 19.1. The molecule has 0 radical (unpaired) electrons. The van der Waals surface area contributed by atoms with E-state index in [-0.39, 0.29) is 12.5 Å². The fourth-order valence-corrected chi connectivity index (χ4v) is 2.84. The lowest BCUT2D eigenvalue weighted by Crippen LogP contribution is -2.15. The van der Waals surface area contributed by atoms with Gasteiger partial charge in [-0.1, -0.05) is 17.7 Å². The summed E-state index contributed by atoms with van der Waals surface area (Å²) in [4.78, 5) is 24.5. The summed E-state index contributed by atoms with van der Waals surface area (Å²) in [6, 6.07) is 10.6. The number of ether oxygens (including phenoxy) is 2. The first-order valence-electron chi connectivity index (χ1n) is 8.66. The average Bonchev–Trinajstić information content (AvgIpc) is 2.58. The largest absolute Gasteiger partial charge is 0.460 e. The number of carbonyl (C=O) groups is 2. The van der Waals surface area contributed by atoms with Crippen molar-refractivity contribution in [1.29, 1.82) is 0 Å². The van der Waals surface area contributed by atoms with Gasteiger partial charge >= 0.3 is 5.97 Å². The van der Waals surface area contributed by atoms with Crippen molar-refractivity contribution in [2.75, 3.05) is 25.1 Å². The molecular weight excluding hydrogens is 330 g/mol. The van der Waals surface area contributed by atoms with Gasteiger partial charge in [-0.3, -0.25) is 4.79 Å². The van der Waals surface area contributed by atoms with E-state index in [1.54, 1.807) is 24.3 Å². The van der Waals surface area contributed by atoms with Crippen LogP contribution in [0.4, 0.5) is 5.69 Å². The van der Waals surface area contributed by atoms with Crippen LogP contribution in [0.15, 0.2) is 36.4 Å². The Morgan fingerprint density at radius 3 is 2.15 bits per heavy atom. The molecule has 0 aromatic heterocycles. The topological polar surface area (TPSA) is 64.6 Å². The highest BCUT2D eigenvalue weighted by molar-refractivity contribution is 6.06. The van der Waals surface area contributed by atoms with Gasteiger partial charge in [0.15, 0.2) is 0 Å². The molecule has 2 aromatic rings. The quantitative estimate of drug-likeness (QED) is 0.601. The van der Waals surface area contributed by atoms with Crippen LogP contribution < -0.4 is 5.32 Å². The molecule has 5 nitrogen and oxygen atoms in total. The Labute approximate surface area is 154 Å². The molecule has 0 aliphatic carbocycles. The Morgan fingerprint density at radius 1 is 0.962 bits per heavy atom. The number of nitrogens with one attached hydrogen (secondary N) is 1. The molecule has 0 spiro atoms. The molecule has 0 saturated carbocycles. The number of amides is 1. The second-order valence-electron chi connectivity index (χ2n) is 6.14. The molecule has 1 N–H and O–H groups in total.